The molecule has 2 unspecified atom stereocenters. The molecule has 80 valence electrons. The summed E-state index contributed by atoms with van der Waals surface area (Å²) in [6.07, 6.45) is 3.14. The Bertz CT molecular complexity index is 591. The maximum Gasteiger partial charge on any atom is 0.258 e. The normalized spacial score (nSPS) is 28.9. The van der Waals surface area contributed by atoms with Crippen LogP contribution in [0.1, 0.15) is 35.3 Å². The van der Waals surface area contributed by atoms with Crippen molar-refractivity contribution in [3.05, 3.63) is 41.0 Å². The Hall–Kier alpha value is -1.90. The van der Waals surface area contributed by atoms with E-state index in [0.717, 1.165) is 12.0 Å². The van der Waals surface area contributed by atoms with Crippen molar-refractivity contribution >= 4 is 17.4 Å². The average molecular weight is 213 g/mol. The van der Waals surface area contributed by atoms with Gasteiger partial charge in [-0.1, -0.05) is 18.2 Å². The molecule has 0 aromatic heterocycles. The summed E-state index contributed by atoms with van der Waals surface area (Å²) < 4.78 is 0. The van der Waals surface area contributed by atoms with Crippen molar-refractivity contribution in [1.82, 2.24) is 5.32 Å². The second kappa shape index (κ2) is 2.43. The van der Waals surface area contributed by atoms with Gasteiger partial charge in [0, 0.05) is 18.1 Å². The zero-order valence-electron chi connectivity index (χ0n) is 8.49. The highest BCUT2D eigenvalue weighted by Crippen LogP contribution is 2.55. The van der Waals surface area contributed by atoms with Gasteiger partial charge >= 0.3 is 0 Å². The molecular weight excluding hydrogens is 202 g/mol. The van der Waals surface area contributed by atoms with Crippen LogP contribution in [0.3, 0.4) is 0 Å². The van der Waals surface area contributed by atoms with Gasteiger partial charge in [0.2, 0.25) is 0 Å². The fourth-order valence-corrected chi connectivity index (χ4v) is 2.85. The Morgan fingerprint density at radius 1 is 1.25 bits per heavy atom. The Balaban J connectivity index is 0.000000902. The lowest BCUT2D eigenvalue weighted by Crippen LogP contribution is -2.37. The van der Waals surface area contributed by atoms with E-state index in [1.165, 1.54) is 5.56 Å². The number of allylic oxidation sites excluding steroid dienone is 1. The van der Waals surface area contributed by atoms with E-state index in [9.17, 15) is 9.59 Å². The number of hydrogen-bond donors (Lipinski definition) is 1. The Labute approximate surface area is 93.6 Å². The molecule has 1 saturated carbocycles. The minimum atomic E-state index is -0.266. The zero-order valence-corrected chi connectivity index (χ0v) is 8.49. The number of nitrogens with one attached hydrogen (secondary N) is 1. The zero-order chi connectivity index (χ0) is 10.9. The summed E-state index contributed by atoms with van der Waals surface area (Å²) in [5.74, 6) is 0.544. The van der Waals surface area contributed by atoms with Crippen LogP contribution >= 0.6 is 0 Å². The molecule has 0 spiro atoms. The number of amides is 2. The topological polar surface area (TPSA) is 46.2 Å². The summed E-state index contributed by atoms with van der Waals surface area (Å²) in [7, 11) is 0. The van der Waals surface area contributed by atoms with Crippen LogP contribution in [0.15, 0.2) is 24.3 Å². The molecule has 1 aliphatic heterocycles. The molecule has 16 heavy (non-hydrogen) atoms. The van der Waals surface area contributed by atoms with Crippen molar-refractivity contribution < 1.29 is 11.0 Å². The van der Waals surface area contributed by atoms with Gasteiger partial charge in [-0.15, -0.1) is 0 Å². The molecule has 2 atom stereocenters. The van der Waals surface area contributed by atoms with E-state index in [4.69, 9.17) is 0 Å². The third kappa shape index (κ3) is 0.841. The molecule has 1 aromatic rings. The predicted molar refractivity (Wildman–Crippen MR) is 59.9 cm³/mol. The number of imide groups is 1. The molecule has 1 heterocycles. The van der Waals surface area contributed by atoms with Gasteiger partial charge in [0.25, 0.3) is 11.8 Å². The standard InChI is InChI=1S/C13H9NO2.H2/c15-12-8-3-1-2-7-9-4-6(9)5-10(11(7)8)13(16)14-12;/h1-3,5-6,9H,4H2,(H,14,15,16);1H. The van der Waals surface area contributed by atoms with Gasteiger partial charge in [-0.2, -0.15) is 0 Å². The van der Waals surface area contributed by atoms with Crippen molar-refractivity contribution in [2.45, 2.75) is 12.3 Å². The Morgan fingerprint density at radius 2 is 2.12 bits per heavy atom. The lowest BCUT2D eigenvalue weighted by molar-refractivity contribution is -0.114. The molecule has 3 aliphatic rings. The molecule has 3 nitrogen and oxygen atoms in total. The molecule has 0 bridgehead atoms. The molecular formula is C13H11NO2. The van der Waals surface area contributed by atoms with E-state index in [1.54, 1.807) is 6.07 Å². The van der Waals surface area contributed by atoms with Crippen molar-refractivity contribution in [2.24, 2.45) is 5.92 Å². The second-order valence-corrected chi connectivity index (χ2v) is 4.64. The highest BCUT2D eigenvalue weighted by atomic mass is 16.2. The molecule has 0 radical (unpaired) electrons. The average Bonchev–Trinajstić information content (AvgIpc) is 3.04. The van der Waals surface area contributed by atoms with Gasteiger partial charge in [0.1, 0.15) is 0 Å². The summed E-state index contributed by atoms with van der Waals surface area (Å²) in [6.45, 7) is 0. The number of fused-ring (bicyclic) bond motifs is 2. The first-order valence-electron chi connectivity index (χ1n) is 5.46. The summed E-state index contributed by atoms with van der Waals surface area (Å²) in [6, 6.07) is 5.74. The second-order valence-electron chi connectivity index (χ2n) is 4.64. The summed E-state index contributed by atoms with van der Waals surface area (Å²) in [4.78, 5) is 23.4. The number of hydrogen-bond acceptors (Lipinski definition) is 2. The fraction of sp³-hybridized carbons (Fsp3) is 0.231. The van der Waals surface area contributed by atoms with Gasteiger partial charge in [-0.3, -0.25) is 14.9 Å². The summed E-state index contributed by atoms with van der Waals surface area (Å²) >= 11 is 0. The minimum absolute atomic E-state index is 0. The smallest absolute Gasteiger partial charge is 0.258 e. The van der Waals surface area contributed by atoms with E-state index in [0.29, 0.717) is 23.0 Å². The van der Waals surface area contributed by atoms with Crippen LogP contribution < -0.4 is 5.32 Å². The van der Waals surface area contributed by atoms with Crippen LogP contribution in [0.4, 0.5) is 0 Å². The summed E-state index contributed by atoms with van der Waals surface area (Å²) in [5, 5.41) is 2.39. The highest BCUT2D eigenvalue weighted by Gasteiger charge is 2.45. The van der Waals surface area contributed by atoms with Crippen LogP contribution in [-0.2, 0) is 4.79 Å². The molecule has 2 aliphatic carbocycles. The lowest BCUT2D eigenvalue weighted by Gasteiger charge is -2.23. The third-order valence-electron chi connectivity index (χ3n) is 3.70. The third-order valence-corrected chi connectivity index (χ3v) is 3.70. The van der Waals surface area contributed by atoms with Crippen molar-refractivity contribution in [3.8, 4) is 0 Å². The molecule has 1 N–H and O–H groups in total. The van der Waals surface area contributed by atoms with E-state index in [-0.39, 0.29) is 13.2 Å². The Morgan fingerprint density at radius 3 is 3.00 bits per heavy atom. The Kier molecular flexibility index (Phi) is 1.26. The van der Waals surface area contributed by atoms with Gasteiger partial charge in [0.05, 0.1) is 0 Å². The molecule has 4 rings (SSSR count). The SMILES string of the molecule is O=C1NC(=O)c2cccc3c2C1=CC1CC31.[HH]. The van der Waals surface area contributed by atoms with Gasteiger partial charge in [-0.05, 0) is 29.9 Å². The monoisotopic (exact) mass is 213 g/mol. The molecule has 3 heteroatoms. The first-order valence-corrected chi connectivity index (χ1v) is 5.46. The maximum atomic E-state index is 11.7. The van der Waals surface area contributed by atoms with Crippen LogP contribution in [0.25, 0.3) is 5.57 Å². The van der Waals surface area contributed by atoms with Gasteiger partial charge < -0.3 is 0 Å². The summed E-state index contributed by atoms with van der Waals surface area (Å²) in [5.41, 5.74) is 3.41. The highest BCUT2D eigenvalue weighted by molar-refractivity contribution is 6.31. The van der Waals surface area contributed by atoms with Crippen molar-refractivity contribution in [3.63, 3.8) is 0 Å². The van der Waals surface area contributed by atoms with Crippen molar-refractivity contribution in [1.29, 1.82) is 0 Å². The van der Waals surface area contributed by atoms with E-state index >= 15 is 0 Å². The van der Waals surface area contributed by atoms with Crippen LogP contribution in [0, 0.1) is 5.92 Å². The largest absolute Gasteiger partial charge is 0.288 e. The number of rotatable bonds is 0. The molecule has 0 saturated heterocycles. The quantitative estimate of drug-likeness (QED) is 0.667. The number of carbonyl (C=O) groups excluding carboxylic acids is 2. The minimum Gasteiger partial charge on any atom is -0.288 e. The fourth-order valence-electron chi connectivity index (χ4n) is 2.85. The van der Waals surface area contributed by atoms with Crippen molar-refractivity contribution in [2.75, 3.05) is 0 Å². The molecule has 1 fully saturated rings. The van der Waals surface area contributed by atoms with E-state index in [1.807, 2.05) is 18.2 Å². The maximum absolute atomic E-state index is 11.7. The first-order chi connectivity index (χ1) is 7.75. The van der Waals surface area contributed by atoms with E-state index in [2.05, 4.69) is 5.32 Å². The number of carbonyl (C=O) groups is 2. The first kappa shape index (κ1) is 8.28. The molecule has 1 aromatic carbocycles. The van der Waals surface area contributed by atoms with Crippen LogP contribution in [0.5, 0.6) is 0 Å². The van der Waals surface area contributed by atoms with Gasteiger partial charge in [-0.25, -0.2) is 0 Å². The van der Waals surface area contributed by atoms with E-state index < -0.39 is 0 Å². The number of benzene rings is 1. The predicted octanol–water partition coefficient (Wildman–Crippen LogP) is 1.70. The molecule has 2 amide bonds. The van der Waals surface area contributed by atoms with Crippen LogP contribution in [0.2, 0.25) is 0 Å². The lowest BCUT2D eigenvalue weighted by atomic mass is 9.84. The van der Waals surface area contributed by atoms with Crippen LogP contribution in [-0.4, -0.2) is 11.8 Å². The van der Waals surface area contributed by atoms with Gasteiger partial charge in [0.15, 0.2) is 0 Å².